The number of carbonyl (C=O) groups is 1. The van der Waals surface area contributed by atoms with Gasteiger partial charge in [-0.25, -0.2) is 8.42 Å². The van der Waals surface area contributed by atoms with Crippen molar-refractivity contribution in [1.29, 1.82) is 0 Å². The van der Waals surface area contributed by atoms with E-state index in [9.17, 15) is 13.2 Å². The molecule has 3 rings (SSSR count). The number of nitrogens with one attached hydrogen (secondary N) is 1. The molecule has 0 aliphatic carbocycles. The molecule has 2 aromatic carbocycles. The van der Waals surface area contributed by atoms with Gasteiger partial charge in [0.05, 0.1) is 10.6 Å². The number of sulfonamides is 1. The largest absolute Gasteiger partial charge is 0.482 e. The summed E-state index contributed by atoms with van der Waals surface area (Å²) in [6.45, 7) is 2.34. The maximum Gasteiger partial charge on any atom is 0.262 e. The average molecular weight is 389 g/mol. The van der Waals surface area contributed by atoms with Crippen molar-refractivity contribution in [3.8, 4) is 5.75 Å². The number of hydrogen-bond acceptors (Lipinski definition) is 5. The summed E-state index contributed by atoms with van der Waals surface area (Å²) in [7, 11) is 0.199. The molecule has 1 heterocycles. The fraction of sp³-hybridized carbons (Fsp3) is 0.316. The third-order valence-electron chi connectivity index (χ3n) is 4.39. The lowest BCUT2D eigenvalue weighted by atomic mass is 10.2. The first-order valence-corrected chi connectivity index (χ1v) is 10.1. The topological polar surface area (TPSA) is 79.0 Å². The molecule has 7 nitrogen and oxygen atoms in total. The number of fused-ring (bicyclic) bond motifs is 1. The third kappa shape index (κ3) is 4.06. The van der Waals surface area contributed by atoms with Crippen molar-refractivity contribution in [3.63, 3.8) is 0 Å². The molecule has 1 amide bonds. The summed E-state index contributed by atoms with van der Waals surface area (Å²) >= 11 is 0. The zero-order valence-electron chi connectivity index (χ0n) is 15.6. The van der Waals surface area contributed by atoms with Gasteiger partial charge in [0.1, 0.15) is 5.75 Å². The standard InChI is InChI=1S/C19H23N3O4S/c1-4-22(12-14-5-7-15(8-6-14)21(2)3)27(24,25)16-9-10-18-17(11-16)20-19(23)13-26-18/h5-11H,4,12-13H2,1-3H3,(H,20,23). The van der Waals surface area contributed by atoms with Crippen LogP contribution in [0.25, 0.3) is 0 Å². The van der Waals surface area contributed by atoms with Crippen molar-refractivity contribution in [2.45, 2.75) is 18.4 Å². The van der Waals surface area contributed by atoms with Gasteiger partial charge in [-0.15, -0.1) is 0 Å². The number of nitrogens with zero attached hydrogens (tertiary/aromatic N) is 2. The predicted molar refractivity (Wildman–Crippen MR) is 105 cm³/mol. The van der Waals surface area contributed by atoms with E-state index in [0.717, 1.165) is 11.3 Å². The Hall–Kier alpha value is -2.58. The van der Waals surface area contributed by atoms with E-state index in [1.54, 1.807) is 13.0 Å². The third-order valence-corrected chi connectivity index (χ3v) is 6.30. The van der Waals surface area contributed by atoms with E-state index in [-0.39, 0.29) is 24.0 Å². The molecule has 1 aliphatic rings. The Bertz CT molecular complexity index is 940. The predicted octanol–water partition coefficient (Wildman–Crippen LogP) is 2.29. The Balaban J connectivity index is 1.85. The van der Waals surface area contributed by atoms with Crippen molar-refractivity contribution < 1.29 is 17.9 Å². The summed E-state index contributed by atoms with van der Waals surface area (Å²) in [5.74, 6) is 0.168. The van der Waals surface area contributed by atoms with E-state index >= 15 is 0 Å². The van der Waals surface area contributed by atoms with Gasteiger partial charge in [-0.1, -0.05) is 19.1 Å². The molecule has 0 fully saturated rings. The van der Waals surface area contributed by atoms with Crippen LogP contribution in [0.15, 0.2) is 47.4 Å². The highest BCUT2D eigenvalue weighted by atomic mass is 32.2. The minimum atomic E-state index is -3.71. The molecule has 27 heavy (non-hydrogen) atoms. The Morgan fingerprint density at radius 3 is 2.44 bits per heavy atom. The molecule has 8 heteroatoms. The first-order valence-electron chi connectivity index (χ1n) is 8.64. The van der Waals surface area contributed by atoms with Gasteiger partial charge in [-0.05, 0) is 35.9 Å². The number of benzene rings is 2. The monoisotopic (exact) mass is 389 g/mol. The first-order chi connectivity index (χ1) is 12.8. The van der Waals surface area contributed by atoms with Crippen LogP contribution in [0, 0.1) is 0 Å². The van der Waals surface area contributed by atoms with Gasteiger partial charge in [0.25, 0.3) is 5.91 Å². The van der Waals surface area contributed by atoms with E-state index in [2.05, 4.69) is 5.32 Å². The molecule has 0 bridgehead atoms. The molecule has 0 saturated carbocycles. The number of anilines is 2. The van der Waals surface area contributed by atoms with Crippen LogP contribution >= 0.6 is 0 Å². The number of ether oxygens (including phenoxy) is 1. The second kappa shape index (κ2) is 7.58. The summed E-state index contributed by atoms with van der Waals surface area (Å²) in [5.41, 5.74) is 2.33. The van der Waals surface area contributed by atoms with E-state index in [1.165, 1.54) is 16.4 Å². The first kappa shape index (κ1) is 19.2. The highest BCUT2D eigenvalue weighted by Crippen LogP contribution is 2.31. The molecule has 144 valence electrons. The molecule has 0 unspecified atom stereocenters. The molecule has 0 spiro atoms. The summed E-state index contributed by atoms with van der Waals surface area (Å²) in [5, 5.41) is 2.64. The lowest BCUT2D eigenvalue weighted by Gasteiger charge is -2.23. The Morgan fingerprint density at radius 1 is 1.11 bits per heavy atom. The van der Waals surface area contributed by atoms with E-state index < -0.39 is 10.0 Å². The molecule has 2 aromatic rings. The summed E-state index contributed by atoms with van der Waals surface area (Å²) < 4.78 is 32.8. The second-order valence-corrected chi connectivity index (χ2v) is 8.42. The molecular formula is C19H23N3O4S. The molecular weight excluding hydrogens is 366 g/mol. The van der Waals surface area contributed by atoms with Crippen molar-refractivity contribution in [2.75, 3.05) is 37.5 Å². The zero-order valence-corrected chi connectivity index (χ0v) is 16.4. The Labute approximate surface area is 159 Å². The zero-order chi connectivity index (χ0) is 19.6. The van der Waals surface area contributed by atoms with Crippen LogP contribution in [-0.4, -0.2) is 45.9 Å². The highest BCUT2D eigenvalue weighted by Gasteiger charge is 2.26. The Morgan fingerprint density at radius 2 is 1.81 bits per heavy atom. The minimum absolute atomic E-state index is 0.0663. The Kier molecular flexibility index (Phi) is 5.38. The van der Waals surface area contributed by atoms with Crippen LogP contribution in [0.4, 0.5) is 11.4 Å². The number of hydrogen-bond donors (Lipinski definition) is 1. The van der Waals surface area contributed by atoms with E-state index in [0.29, 0.717) is 18.0 Å². The van der Waals surface area contributed by atoms with Gasteiger partial charge in [0.15, 0.2) is 6.61 Å². The van der Waals surface area contributed by atoms with Gasteiger partial charge in [0, 0.05) is 32.9 Å². The quantitative estimate of drug-likeness (QED) is 0.820. The fourth-order valence-electron chi connectivity index (χ4n) is 2.84. The molecule has 0 radical (unpaired) electrons. The highest BCUT2D eigenvalue weighted by molar-refractivity contribution is 7.89. The van der Waals surface area contributed by atoms with Gasteiger partial charge < -0.3 is 15.0 Å². The lowest BCUT2D eigenvalue weighted by Crippen LogP contribution is -2.31. The van der Waals surface area contributed by atoms with Gasteiger partial charge in [0.2, 0.25) is 10.0 Å². The van der Waals surface area contributed by atoms with Crippen LogP contribution in [0.1, 0.15) is 12.5 Å². The van der Waals surface area contributed by atoms with Crippen molar-refractivity contribution in [1.82, 2.24) is 4.31 Å². The van der Waals surface area contributed by atoms with Crippen LogP contribution in [-0.2, 0) is 21.4 Å². The fourth-order valence-corrected chi connectivity index (χ4v) is 4.31. The molecule has 1 aliphatic heterocycles. The SMILES string of the molecule is CCN(Cc1ccc(N(C)C)cc1)S(=O)(=O)c1ccc2c(c1)NC(=O)CO2. The van der Waals surface area contributed by atoms with Crippen LogP contribution in [0.5, 0.6) is 5.75 Å². The van der Waals surface area contributed by atoms with Crippen molar-refractivity contribution in [2.24, 2.45) is 0 Å². The molecule has 0 saturated heterocycles. The molecule has 0 aromatic heterocycles. The minimum Gasteiger partial charge on any atom is -0.482 e. The van der Waals surface area contributed by atoms with Crippen LogP contribution in [0.3, 0.4) is 0 Å². The number of amides is 1. The number of rotatable bonds is 6. The second-order valence-electron chi connectivity index (χ2n) is 6.49. The lowest BCUT2D eigenvalue weighted by molar-refractivity contribution is -0.118. The van der Waals surface area contributed by atoms with Crippen molar-refractivity contribution >= 4 is 27.3 Å². The molecule has 0 atom stereocenters. The maximum atomic E-state index is 13.1. The van der Waals surface area contributed by atoms with Crippen molar-refractivity contribution in [3.05, 3.63) is 48.0 Å². The number of carbonyl (C=O) groups excluding carboxylic acids is 1. The van der Waals surface area contributed by atoms with Crippen LogP contribution < -0.4 is 15.0 Å². The molecule has 1 N–H and O–H groups in total. The maximum absolute atomic E-state index is 13.1. The van der Waals surface area contributed by atoms with E-state index in [1.807, 2.05) is 43.3 Å². The van der Waals surface area contributed by atoms with Gasteiger partial charge in [-0.2, -0.15) is 4.31 Å². The normalized spacial score (nSPS) is 13.7. The van der Waals surface area contributed by atoms with Gasteiger partial charge >= 0.3 is 0 Å². The average Bonchev–Trinajstić information content (AvgIpc) is 2.65. The summed E-state index contributed by atoms with van der Waals surface area (Å²) in [6.07, 6.45) is 0. The summed E-state index contributed by atoms with van der Waals surface area (Å²) in [6, 6.07) is 12.3. The summed E-state index contributed by atoms with van der Waals surface area (Å²) in [4.78, 5) is 13.6. The van der Waals surface area contributed by atoms with Crippen LogP contribution in [0.2, 0.25) is 0 Å². The van der Waals surface area contributed by atoms with E-state index in [4.69, 9.17) is 4.74 Å². The van der Waals surface area contributed by atoms with Gasteiger partial charge in [-0.3, -0.25) is 4.79 Å². The smallest absolute Gasteiger partial charge is 0.262 e.